The van der Waals surface area contributed by atoms with Gasteiger partial charge < -0.3 is 14.6 Å². The molecule has 136 valence electrons. The molecule has 1 aliphatic rings. The number of carbonyl (C=O) groups excluding carboxylic acids is 1. The second-order valence-electron chi connectivity index (χ2n) is 6.19. The topological polar surface area (TPSA) is 75.1 Å². The average Bonchev–Trinajstić information content (AvgIpc) is 2.65. The molecule has 2 aromatic carbocycles. The largest absolute Gasteiger partial charge is 0.549 e. The normalized spacial score (nSPS) is 12.1. The molecule has 7 heteroatoms. The summed E-state index contributed by atoms with van der Waals surface area (Å²) in [5, 5.41) is 12.2. The minimum Gasteiger partial charge on any atom is -0.549 e. The molecule has 27 heavy (non-hydrogen) atoms. The number of aryl methyl sites for hydroxylation is 1. The lowest BCUT2D eigenvalue weighted by atomic mass is 10.0. The van der Waals surface area contributed by atoms with Crippen molar-refractivity contribution < 1.29 is 14.6 Å². The third kappa shape index (κ3) is 3.77. The maximum absolute atomic E-state index is 11.0. The SMILES string of the molecule is Cc1ccc2c(c1)Cc1c(nc(-c3ccc(Cl)cc3)nc1SCC(=O)[O-])O2. The maximum atomic E-state index is 11.0. The predicted octanol–water partition coefficient (Wildman–Crippen LogP) is 3.64. The predicted molar refractivity (Wildman–Crippen MR) is 102 cm³/mol. The van der Waals surface area contributed by atoms with Crippen molar-refractivity contribution >= 4 is 29.3 Å². The summed E-state index contributed by atoms with van der Waals surface area (Å²) >= 11 is 7.07. The minimum atomic E-state index is -1.15. The van der Waals surface area contributed by atoms with Gasteiger partial charge in [-0.25, -0.2) is 4.98 Å². The van der Waals surface area contributed by atoms with Crippen LogP contribution in [0.3, 0.4) is 0 Å². The number of ether oxygens (including phenoxy) is 1. The summed E-state index contributed by atoms with van der Waals surface area (Å²) in [5.41, 5.74) is 3.72. The lowest BCUT2D eigenvalue weighted by Crippen LogP contribution is -2.24. The molecule has 0 unspecified atom stereocenters. The van der Waals surface area contributed by atoms with Crippen LogP contribution in [-0.2, 0) is 11.2 Å². The van der Waals surface area contributed by atoms with E-state index in [9.17, 15) is 9.90 Å². The van der Waals surface area contributed by atoms with E-state index in [-0.39, 0.29) is 5.75 Å². The van der Waals surface area contributed by atoms with Crippen LogP contribution in [0.2, 0.25) is 5.02 Å². The van der Waals surface area contributed by atoms with Gasteiger partial charge in [-0.2, -0.15) is 4.98 Å². The summed E-state index contributed by atoms with van der Waals surface area (Å²) in [7, 11) is 0. The average molecular weight is 398 g/mol. The van der Waals surface area contributed by atoms with Crippen LogP contribution in [0.15, 0.2) is 47.5 Å². The van der Waals surface area contributed by atoms with Crippen molar-refractivity contribution in [2.75, 3.05) is 5.75 Å². The van der Waals surface area contributed by atoms with Gasteiger partial charge >= 0.3 is 0 Å². The van der Waals surface area contributed by atoms with Crippen LogP contribution in [0.1, 0.15) is 16.7 Å². The van der Waals surface area contributed by atoms with E-state index in [0.717, 1.165) is 39.8 Å². The van der Waals surface area contributed by atoms with Gasteiger partial charge in [0.15, 0.2) is 5.82 Å². The fourth-order valence-corrected chi connectivity index (χ4v) is 3.76. The van der Waals surface area contributed by atoms with Crippen LogP contribution in [0.5, 0.6) is 11.6 Å². The number of aromatic nitrogens is 2. The number of carboxylic acids is 1. The third-order valence-electron chi connectivity index (χ3n) is 4.15. The van der Waals surface area contributed by atoms with Crippen LogP contribution >= 0.6 is 23.4 Å². The van der Waals surface area contributed by atoms with Gasteiger partial charge in [-0.15, -0.1) is 0 Å². The Bertz CT molecular complexity index is 1040. The zero-order valence-corrected chi connectivity index (χ0v) is 15.9. The van der Waals surface area contributed by atoms with Gasteiger partial charge in [-0.05, 0) is 42.8 Å². The van der Waals surface area contributed by atoms with Crippen molar-refractivity contribution in [1.82, 2.24) is 9.97 Å². The van der Waals surface area contributed by atoms with E-state index in [1.165, 1.54) is 0 Å². The lowest BCUT2D eigenvalue weighted by Gasteiger charge is -2.22. The first-order valence-electron chi connectivity index (χ1n) is 8.26. The molecule has 0 saturated heterocycles. The number of fused-ring (bicyclic) bond motifs is 2. The van der Waals surface area contributed by atoms with Gasteiger partial charge in [0.25, 0.3) is 0 Å². The number of benzene rings is 2. The van der Waals surface area contributed by atoms with E-state index in [0.29, 0.717) is 28.2 Å². The number of aliphatic carboxylic acids is 1. The molecule has 4 rings (SSSR count). The first-order valence-corrected chi connectivity index (χ1v) is 9.63. The molecular formula is C20H14ClN2O3S-. The number of nitrogens with zero attached hydrogens (tertiary/aromatic N) is 2. The van der Waals surface area contributed by atoms with Gasteiger partial charge in [0.1, 0.15) is 10.8 Å². The zero-order chi connectivity index (χ0) is 19.0. The number of hydrogen-bond donors (Lipinski definition) is 0. The van der Waals surface area contributed by atoms with Crippen molar-refractivity contribution in [3.8, 4) is 23.0 Å². The standard InChI is InChI=1S/C20H15ClN2O3S/c1-11-2-7-16-13(8-11)9-15-19(26-16)22-18(12-3-5-14(21)6-4-12)23-20(15)27-10-17(24)25/h2-8H,9-10H2,1H3,(H,24,25)/p-1. The van der Waals surface area contributed by atoms with Gasteiger partial charge in [-0.3, -0.25) is 0 Å². The molecule has 0 atom stereocenters. The molecule has 0 radical (unpaired) electrons. The summed E-state index contributed by atoms with van der Waals surface area (Å²) in [6, 6.07) is 13.1. The van der Waals surface area contributed by atoms with E-state index in [1.807, 2.05) is 31.2 Å². The highest BCUT2D eigenvalue weighted by Gasteiger charge is 2.24. The number of thioether (sulfide) groups is 1. The van der Waals surface area contributed by atoms with E-state index in [2.05, 4.69) is 16.0 Å². The first-order chi connectivity index (χ1) is 13.0. The molecule has 2 heterocycles. The molecule has 1 aromatic heterocycles. The maximum Gasteiger partial charge on any atom is 0.227 e. The first kappa shape index (κ1) is 17.8. The summed E-state index contributed by atoms with van der Waals surface area (Å²) in [6.07, 6.45) is 0.586. The number of carbonyl (C=O) groups is 1. The fourth-order valence-electron chi connectivity index (χ4n) is 2.89. The van der Waals surface area contributed by atoms with Gasteiger partial charge in [-0.1, -0.05) is 41.1 Å². The number of rotatable bonds is 4. The molecule has 0 N–H and O–H groups in total. The highest BCUT2D eigenvalue weighted by Crippen LogP contribution is 2.40. The molecule has 0 bridgehead atoms. The minimum absolute atomic E-state index is 0.190. The molecule has 3 aromatic rings. The van der Waals surface area contributed by atoms with Crippen molar-refractivity contribution in [3.05, 3.63) is 64.2 Å². The smallest absolute Gasteiger partial charge is 0.227 e. The third-order valence-corrected chi connectivity index (χ3v) is 5.39. The highest BCUT2D eigenvalue weighted by molar-refractivity contribution is 7.99. The van der Waals surface area contributed by atoms with Crippen LogP contribution in [0, 0.1) is 6.92 Å². The van der Waals surface area contributed by atoms with Crippen molar-refractivity contribution in [2.45, 2.75) is 18.4 Å². The molecule has 0 fully saturated rings. The van der Waals surface area contributed by atoms with Crippen molar-refractivity contribution in [1.29, 1.82) is 0 Å². The quantitative estimate of drug-likeness (QED) is 0.386. The molecule has 0 spiro atoms. The second-order valence-corrected chi connectivity index (χ2v) is 7.59. The van der Waals surface area contributed by atoms with Crippen LogP contribution < -0.4 is 9.84 Å². The Morgan fingerprint density at radius 3 is 2.74 bits per heavy atom. The van der Waals surface area contributed by atoms with Crippen molar-refractivity contribution in [2.24, 2.45) is 0 Å². The van der Waals surface area contributed by atoms with Crippen LogP contribution in [0.25, 0.3) is 11.4 Å². The molecule has 5 nitrogen and oxygen atoms in total. The van der Waals surface area contributed by atoms with Gasteiger partial charge in [0.2, 0.25) is 5.88 Å². The lowest BCUT2D eigenvalue weighted by molar-refractivity contribution is -0.301. The van der Waals surface area contributed by atoms with Crippen LogP contribution in [0.4, 0.5) is 0 Å². The Kier molecular flexibility index (Phi) is 4.76. The van der Waals surface area contributed by atoms with E-state index in [4.69, 9.17) is 16.3 Å². The van der Waals surface area contributed by atoms with E-state index >= 15 is 0 Å². The number of halogens is 1. The summed E-state index contributed by atoms with van der Waals surface area (Å²) < 4.78 is 6.01. The monoisotopic (exact) mass is 397 g/mol. The number of carboxylic acid groups (broad SMARTS) is 1. The van der Waals surface area contributed by atoms with Gasteiger partial charge in [0.05, 0.1) is 11.5 Å². The number of hydrogen-bond acceptors (Lipinski definition) is 6. The molecule has 0 aliphatic carbocycles. The molecular weight excluding hydrogens is 384 g/mol. The Morgan fingerprint density at radius 1 is 1.22 bits per heavy atom. The van der Waals surface area contributed by atoms with Gasteiger partial charge in [0, 0.05) is 22.8 Å². The fraction of sp³-hybridized carbons (Fsp3) is 0.150. The zero-order valence-electron chi connectivity index (χ0n) is 14.4. The van der Waals surface area contributed by atoms with Crippen molar-refractivity contribution in [3.63, 3.8) is 0 Å². The summed E-state index contributed by atoms with van der Waals surface area (Å²) in [4.78, 5) is 20.1. The summed E-state index contributed by atoms with van der Waals surface area (Å²) in [5.74, 6) is 0.330. The van der Waals surface area contributed by atoms with E-state index in [1.54, 1.807) is 12.1 Å². The van der Waals surface area contributed by atoms with E-state index < -0.39 is 5.97 Å². The Balaban J connectivity index is 1.80. The second kappa shape index (κ2) is 7.21. The summed E-state index contributed by atoms with van der Waals surface area (Å²) in [6.45, 7) is 2.02. The Morgan fingerprint density at radius 2 is 2.00 bits per heavy atom. The molecule has 0 amide bonds. The Hall–Kier alpha value is -2.57. The van der Waals surface area contributed by atoms with Crippen LogP contribution in [-0.4, -0.2) is 21.7 Å². The Labute approximate surface area is 165 Å². The highest BCUT2D eigenvalue weighted by atomic mass is 35.5. The molecule has 1 aliphatic heterocycles. The molecule has 0 saturated carbocycles.